The Labute approximate surface area is 157 Å². The quantitative estimate of drug-likeness (QED) is 0.725. The molecular weight excluding hydrogens is 342 g/mol. The zero-order valence-corrected chi connectivity index (χ0v) is 14.9. The van der Waals surface area contributed by atoms with Gasteiger partial charge in [-0.25, -0.2) is 4.98 Å². The molecule has 1 unspecified atom stereocenters. The third-order valence-corrected chi connectivity index (χ3v) is 4.51. The SMILES string of the molecule is O=C(Nc1ccc(-n2ccnc2)cc1)c1ccccc1OCC1CCCO1. The molecule has 1 aromatic heterocycles. The van der Waals surface area contributed by atoms with Gasteiger partial charge in [0.1, 0.15) is 12.4 Å². The topological polar surface area (TPSA) is 65.4 Å². The van der Waals surface area contributed by atoms with Gasteiger partial charge in [0.25, 0.3) is 5.91 Å². The van der Waals surface area contributed by atoms with Crippen LogP contribution in [0.25, 0.3) is 5.69 Å². The van der Waals surface area contributed by atoms with Gasteiger partial charge in [-0.2, -0.15) is 0 Å². The van der Waals surface area contributed by atoms with E-state index in [4.69, 9.17) is 9.47 Å². The smallest absolute Gasteiger partial charge is 0.259 e. The lowest BCUT2D eigenvalue weighted by Gasteiger charge is -2.14. The summed E-state index contributed by atoms with van der Waals surface area (Å²) in [6, 6.07) is 14.9. The number of hydrogen-bond acceptors (Lipinski definition) is 4. The van der Waals surface area contributed by atoms with Crippen LogP contribution < -0.4 is 10.1 Å². The molecule has 4 rings (SSSR count). The number of imidazole rings is 1. The van der Waals surface area contributed by atoms with Crippen molar-refractivity contribution < 1.29 is 14.3 Å². The van der Waals surface area contributed by atoms with Gasteiger partial charge in [-0.15, -0.1) is 0 Å². The number of carbonyl (C=O) groups excluding carboxylic acids is 1. The van der Waals surface area contributed by atoms with Gasteiger partial charge in [-0.1, -0.05) is 12.1 Å². The Bertz CT molecular complexity index is 885. The molecule has 0 saturated carbocycles. The van der Waals surface area contributed by atoms with Crippen LogP contribution in [0.3, 0.4) is 0 Å². The van der Waals surface area contributed by atoms with Crippen LogP contribution in [-0.4, -0.2) is 34.8 Å². The van der Waals surface area contributed by atoms with Gasteiger partial charge < -0.3 is 19.4 Å². The first-order valence-corrected chi connectivity index (χ1v) is 9.03. The Morgan fingerprint density at radius 3 is 2.81 bits per heavy atom. The van der Waals surface area contributed by atoms with Crippen LogP contribution in [-0.2, 0) is 4.74 Å². The fourth-order valence-electron chi connectivity index (χ4n) is 3.07. The van der Waals surface area contributed by atoms with Gasteiger partial charge in [0, 0.05) is 30.4 Å². The normalized spacial score (nSPS) is 16.2. The second-order valence-electron chi connectivity index (χ2n) is 6.41. The monoisotopic (exact) mass is 363 g/mol. The van der Waals surface area contributed by atoms with E-state index in [0.29, 0.717) is 17.9 Å². The molecule has 0 radical (unpaired) electrons. The maximum absolute atomic E-state index is 12.7. The number of anilines is 1. The van der Waals surface area contributed by atoms with Crippen molar-refractivity contribution >= 4 is 11.6 Å². The van der Waals surface area contributed by atoms with Gasteiger partial charge in [0.15, 0.2) is 0 Å². The van der Waals surface area contributed by atoms with Gasteiger partial charge in [0.05, 0.1) is 18.0 Å². The van der Waals surface area contributed by atoms with Crippen molar-refractivity contribution in [1.29, 1.82) is 0 Å². The molecule has 1 atom stereocenters. The molecule has 0 spiro atoms. The van der Waals surface area contributed by atoms with Crippen molar-refractivity contribution in [3.8, 4) is 11.4 Å². The lowest BCUT2D eigenvalue weighted by Crippen LogP contribution is -2.19. The number of ether oxygens (including phenoxy) is 2. The minimum atomic E-state index is -0.201. The van der Waals surface area contributed by atoms with Crippen molar-refractivity contribution in [2.45, 2.75) is 18.9 Å². The molecule has 6 nitrogen and oxygen atoms in total. The van der Waals surface area contributed by atoms with E-state index in [1.165, 1.54) is 0 Å². The van der Waals surface area contributed by atoms with Gasteiger partial charge in [0.2, 0.25) is 0 Å². The molecule has 0 aliphatic carbocycles. The van der Waals surface area contributed by atoms with Crippen LogP contribution in [0.4, 0.5) is 5.69 Å². The highest BCUT2D eigenvalue weighted by molar-refractivity contribution is 6.06. The maximum atomic E-state index is 12.7. The summed E-state index contributed by atoms with van der Waals surface area (Å²) >= 11 is 0. The summed E-state index contributed by atoms with van der Waals surface area (Å²) in [6.45, 7) is 1.25. The van der Waals surface area contributed by atoms with E-state index < -0.39 is 0 Å². The summed E-state index contributed by atoms with van der Waals surface area (Å²) in [5.41, 5.74) is 2.21. The summed E-state index contributed by atoms with van der Waals surface area (Å²) in [7, 11) is 0. The molecule has 2 aromatic carbocycles. The van der Waals surface area contributed by atoms with E-state index in [-0.39, 0.29) is 12.0 Å². The number of hydrogen-bond donors (Lipinski definition) is 1. The largest absolute Gasteiger partial charge is 0.490 e. The summed E-state index contributed by atoms with van der Waals surface area (Å²) < 4.78 is 13.3. The zero-order valence-electron chi connectivity index (χ0n) is 14.9. The molecule has 2 heterocycles. The Morgan fingerprint density at radius 1 is 1.22 bits per heavy atom. The number of para-hydroxylation sites is 1. The van der Waals surface area contributed by atoms with E-state index in [9.17, 15) is 4.79 Å². The van der Waals surface area contributed by atoms with Crippen molar-refractivity contribution in [2.24, 2.45) is 0 Å². The maximum Gasteiger partial charge on any atom is 0.259 e. The van der Waals surface area contributed by atoms with Crippen LogP contribution in [0, 0.1) is 0 Å². The second kappa shape index (κ2) is 8.05. The van der Waals surface area contributed by atoms with Crippen LogP contribution >= 0.6 is 0 Å². The number of carbonyl (C=O) groups is 1. The molecule has 0 bridgehead atoms. The minimum absolute atomic E-state index is 0.108. The first-order chi connectivity index (χ1) is 13.3. The summed E-state index contributed by atoms with van der Waals surface area (Å²) in [4.78, 5) is 16.7. The minimum Gasteiger partial charge on any atom is -0.490 e. The lowest BCUT2D eigenvalue weighted by atomic mass is 10.1. The fourth-order valence-corrected chi connectivity index (χ4v) is 3.07. The Hall–Kier alpha value is -3.12. The van der Waals surface area contributed by atoms with Gasteiger partial charge in [-0.05, 0) is 49.2 Å². The van der Waals surface area contributed by atoms with E-state index in [2.05, 4.69) is 10.3 Å². The van der Waals surface area contributed by atoms with Crippen molar-refractivity contribution in [3.63, 3.8) is 0 Å². The summed E-state index contributed by atoms with van der Waals surface area (Å²) in [6.07, 6.45) is 7.49. The number of amides is 1. The molecule has 1 amide bonds. The highest BCUT2D eigenvalue weighted by Crippen LogP contribution is 2.22. The fraction of sp³-hybridized carbons (Fsp3) is 0.238. The van der Waals surface area contributed by atoms with E-state index in [1.54, 1.807) is 18.6 Å². The molecule has 1 fully saturated rings. The first kappa shape index (κ1) is 17.3. The molecule has 138 valence electrons. The zero-order chi connectivity index (χ0) is 18.5. The van der Waals surface area contributed by atoms with Crippen molar-refractivity contribution in [1.82, 2.24) is 9.55 Å². The lowest BCUT2D eigenvalue weighted by molar-refractivity contribution is 0.0673. The molecule has 1 saturated heterocycles. The molecule has 6 heteroatoms. The van der Waals surface area contributed by atoms with Crippen LogP contribution in [0.1, 0.15) is 23.2 Å². The van der Waals surface area contributed by atoms with Crippen LogP contribution in [0.5, 0.6) is 5.75 Å². The highest BCUT2D eigenvalue weighted by atomic mass is 16.5. The summed E-state index contributed by atoms with van der Waals surface area (Å²) in [5.74, 6) is 0.369. The van der Waals surface area contributed by atoms with Crippen molar-refractivity contribution in [2.75, 3.05) is 18.5 Å². The number of nitrogens with one attached hydrogen (secondary N) is 1. The van der Waals surface area contributed by atoms with Crippen LogP contribution in [0.15, 0.2) is 67.3 Å². The summed E-state index contributed by atoms with van der Waals surface area (Å²) in [5, 5.41) is 2.92. The van der Waals surface area contributed by atoms with Gasteiger partial charge in [-0.3, -0.25) is 4.79 Å². The third-order valence-electron chi connectivity index (χ3n) is 4.51. The number of nitrogens with zero attached hydrogens (tertiary/aromatic N) is 2. The number of rotatable bonds is 6. The molecule has 3 aromatic rings. The van der Waals surface area contributed by atoms with Gasteiger partial charge >= 0.3 is 0 Å². The Kier molecular flexibility index (Phi) is 5.16. The van der Waals surface area contributed by atoms with E-state index >= 15 is 0 Å². The predicted octanol–water partition coefficient (Wildman–Crippen LogP) is 3.68. The Balaban J connectivity index is 1.43. The molecular formula is C21H21N3O3. The molecule has 1 aliphatic rings. The second-order valence-corrected chi connectivity index (χ2v) is 6.41. The third kappa shape index (κ3) is 4.17. The standard InChI is InChI=1S/C21H21N3O3/c25-21(23-16-7-9-17(10-8-16)24-12-11-22-15-24)19-5-1-2-6-20(19)27-14-18-4-3-13-26-18/h1-2,5-12,15,18H,3-4,13-14H2,(H,23,25). The number of aromatic nitrogens is 2. The van der Waals surface area contributed by atoms with Crippen molar-refractivity contribution in [3.05, 3.63) is 72.8 Å². The molecule has 27 heavy (non-hydrogen) atoms. The average molecular weight is 363 g/mol. The first-order valence-electron chi connectivity index (χ1n) is 9.03. The molecule has 1 aliphatic heterocycles. The van der Waals surface area contributed by atoms with E-state index in [0.717, 1.165) is 30.8 Å². The Morgan fingerprint density at radius 2 is 2.07 bits per heavy atom. The highest BCUT2D eigenvalue weighted by Gasteiger charge is 2.18. The van der Waals surface area contributed by atoms with Crippen LogP contribution in [0.2, 0.25) is 0 Å². The predicted molar refractivity (Wildman–Crippen MR) is 102 cm³/mol. The molecule has 1 N–H and O–H groups in total. The average Bonchev–Trinajstić information content (AvgIpc) is 3.41. The number of benzene rings is 2. The van der Waals surface area contributed by atoms with E-state index in [1.807, 2.05) is 53.2 Å².